The maximum absolute atomic E-state index is 10.5. The van der Waals surface area contributed by atoms with Crippen LogP contribution in [0.5, 0.6) is 0 Å². The number of likely N-dealkylation sites (N-methyl/N-ethyl adjacent to an activating group) is 1. The predicted molar refractivity (Wildman–Crippen MR) is 62.3 cm³/mol. The molecule has 1 heterocycles. The lowest BCUT2D eigenvalue weighted by molar-refractivity contribution is 0.434. The lowest BCUT2D eigenvalue weighted by Gasteiger charge is -2.29. The Hall–Kier alpha value is -1.38. The molecule has 3 heteroatoms. The molecular formula is C12H16N2O. The molecule has 1 aliphatic rings. The van der Waals surface area contributed by atoms with Crippen molar-refractivity contribution in [1.29, 1.82) is 0 Å². The SMILES string of the molecule is CN1c2ccccc2C(C)(C)C1CN=O. The lowest BCUT2D eigenvalue weighted by atomic mass is 9.80. The van der Waals surface area contributed by atoms with Crippen LogP contribution in [0.4, 0.5) is 5.69 Å². The number of rotatable bonds is 2. The van der Waals surface area contributed by atoms with E-state index in [9.17, 15) is 4.91 Å². The fraction of sp³-hybridized carbons (Fsp3) is 0.500. The second-order valence-corrected chi connectivity index (χ2v) is 4.68. The molecule has 0 amide bonds. The van der Waals surface area contributed by atoms with Gasteiger partial charge in [-0.05, 0) is 11.6 Å². The van der Waals surface area contributed by atoms with Crippen LogP contribution in [0.1, 0.15) is 19.4 Å². The van der Waals surface area contributed by atoms with E-state index in [4.69, 9.17) is 0 Å². The molecule has 0 N–H and O–H groups in total. The highest BCUT2D eigenvalue weighted by atomic mass is 16.3. The molecule has 0 aliphatic carbocycles. The van der Waals surface area contributed by atoms with Crippen molar-refractivity contribution in [1.82, 2.24) is 0 Å². The largest absolute Gasteiger partial charge is 0.368 e. The van der Waals surface area contributed by atoms with Gasteiger partial charge >= 0.3 is 0 Å². The average molecular weight is 204 g/mol. The maximum Gasteiger partial charge on any atom is 0.102 e. The van der Waals surface area contributed by atoms with Crippen LogP contribution in [-0.2, 0) is 5.41 Å². The number of fused-ring (bicyclic) bond motifs is 1. The Kier molecular flexibility index (Phi) is 2.25. The normalized spacial score (nSPS) is 22.6. The van der Waals surface area contributed by atoms with Crippen molar-refractivity contribution < 1.29 is 0 Å². The highest BCUT2D eigenvalue weighted by Gasteiger charge is 2.42. The average Bonchev–Trinajstić information content (AvgIpc) is 2.41. The molecular weight excluding hydrogens is 188 g/mol. The predicted octanol–water partition coefficient (Wildman–Crippen LogP) is 2.55. The van der Waals surface area contributed by atoms with Crippen molar-refractivity contribution in [3.8, 4) is 0 Å². The van der Waals surface area contributed by atoms with Gasteiger partial charge in [0.1, 0.15) is 6.54 Å². The molecule has 15 heavy (non-hydrogen) atoms. The van der Waals surface area contributed by atoms with E-state index < -0.39 is 0 Å². The summed E-state index contributed by atoms with van der Waals surface area (Å²) < 4.78 is 0. The number of hydrogen-bond acceptors (Lipinski definition) is 3. The Morgan fingerprint density at radius 2 is 2.07 bits per heavy atom. The first-order chi connectivity index (χ1) is 7.09. The molecule has 0 bridgehead atoms. The van der Waals surface area contributed by atoms with Gasteiger partial charge in [-0.25, -0.2) is 0 Å². The number of nitrogens with zero attached hydrogens (tertiary/aromatic N) is 2. The van der Waals surface area contributed by atoms with Gasteiger partial charge in [0.25, 0.3) is 0 Å². The molecule has 3 nitrogen and oxygen atoms in total. The molecule has 0 fully saturated rings. The molecule has 1 aromatic rings. The summed E-state index contributed by atoms with van der Waals surface area (Å²) in [6.07, 6.45) is 0. The summed E-state index contributed by atoms with van der Waals surface area (Å²) in [4.78, 5) is 12.6. The monoisotopic (exact) mass is 204 g/mol. The van der Waals surface area contributed by atoms with Crippen molar-refractivity contribution in [2.24, 2.45) is 5.18 Å². The van der Waals surface area contributed by atoms with Gasteiger partial charge < -0.3 is 4.90 Å². The molecule has 0 saturated carbocycles. The standard InChI is InChI=1S/C12H16N2O/c1-12(2)9-6-4-5-7-10(9)14(3)11(12)8-13-15/h4-7,11H,8H2,1-3H3. The molecule has 0 aromatic heterocycles. The van der Waals surface area contributed by atoms with Crippen LogP contribution < -0.4 is 4.90 Å². The summed E-state index contributed by atoms with van der Waals surface area (Å²) in [7, 11) is 2.03. The smallest absolute Gasteiger partial charge is 0.102 e. The first-order valence-corrected chi connectivity index (χ1v) is 5.20. The van der Waals surface area contributed by atoms with Crippen molar-refractivity contribution >= 4 is 5.69 Å². The highest BCUT2D eigenvalue weighted by Crippen LogP contribution is 2.43. The van der Waals surface area contributed by atoms with Gasteiger partial charge in [-0.2, -0.15) is 4.91 Å². The van der Waals surface area contributed by atoms with E-state index in [0.717, 1.165) is 0 Å². The van der Waals surface area contributed by atoms with Crippen LogP contribution in [0.3, 0.4) is 0 Å². The maximum atomic E-state index is 10.5. The first-order valence-electron chi connectivity index (χ1n) is 5.20. The van der Waals surface area contributed by atoms with Gasteiger partial charge in [-0.1, -0.05) is 37.2 Å². The topological polar surface area (TPSA) is 32.7 Å². The zero-order valence-electron chi connectivity index (χ0n) is 9.40. The Morgan fingerprint density at radius 1 is 1.40 bits per heavy atom. The van der Waals surface area contributed by atoms with Gasteiger partial charge in [0.15, 0.2) is 0 Å². The van der Waals surface area contributed by atoms with Crippen molar-refractivity contribution in [3.05, 3.63) is 34.7 Å². The van der Waals surface area contributed by atoms with Crippen LogP contribution in [0.2, 0.25) is 0 Å². The van der Waals surface area contributed by atoms with Gasteiger partial charge in [-0.15, -0.1) is 0 Å². The number of benzene rings is 1. The summed E-state index contributed by atoms with van der Waals surface area (Å²) in [6, 6.07) is 8.48. The summed E-state index contributed by atoms with van der Waals surface area (Å²) >= 11 is 0. The minimum atomic E-state index is -0.000741. The van der Waals surface area contributed by atoms with Gasteiger partial charge in [0.2, 0.25) is 0 Å². The number of para-hydroxylation sites is 1. The van der Waals surface area contributed by atoms with E-state index in [-0.39, 0.29) is 11.5 Å². The number of hydrogen-bond donors (Lipinski definition) is 0. The third-order valence-corrected chi connectivity index (χ3v) is 3.53. The second-order valence-electron chi connectivity index (χ2n) is 4.68. The first kappa shape index (κ1) is 10.1. The van der Waals surface area contributed by atoms with E-state index in [0.29, 0.717) is 6.54 Å². The zero-order valence-corrected chi connectivity index (χ0v) is 9.40. The Labute approximate surface area is 90.1 Å². The molecule has 1 aliphatic heterocycles. The molecule has 1 unspecified atom stereocenters. The highest BCUT2D eigenvalue weighted by molar-refractivity contribution is 5.63. The zero-order chi connectivity index (χ0) is 11.1. The number of anilines is 1. The van der Waals surface area contributed by atoms with E-state index in [2.05, 4.69) is 36.1 Å². The summed E-state index contributed by atoms with van der Waals surface area (Å²) in [5.74, 6) is 0. The fourth-order valence-corrected chi connectivity index (χ4v) is 2.58. The molecule has 1 aromatic carbocycles. The summed E-state index contributed by atoms with van der Waals surface area (Å²) in [5.41, 5.74) is 2.52. The van der Waals surface area contributed by atoms with Crippen molar-refractivity contribution in [2.45, 2.75) is 25.3 Å². The number of nitroso groups, excluding NO2 is 1. The van der Waals surface area contributed by atoms with E-state index >= 15 is 0 Å². The molecule has 2 rings (SSSR count). The van der Waals surface area contributed by atoms with E-state index in [1.54, 1.807) is 0 Å². The lowest BCUT2D eigenvalue weighted by Crippen LogP contribution is -2.41. The quantitative estimate of drug-likeness (QED) is 0.693. The summed E-state index contributed by atoms with van der Waals surface area (Å²) in [5, 5.41) is 3.06. The Morgan fingerprint density at radius 3 is 2.67 bits per heavy atom. The van der Waals surface area contributed by atoms with Crippen LogP contribution in [-0.4, -0.2) is 19.6 Å². The third kappa shape index (κ3) is 1.34. The van der Waals surface area contributed by atoms with Gasteiger partial charge in [-0.3, -0.25) is 0 Å². The Bertz CT molecular complexity index is 387. The van der Waals surface area contributed by atoms with Crippen molar-refractivity contribution in [2.75, 3.05) is 18.5 Å². The van der Waals surface area contributed by atoms with Crippen LogP contribution in [0.15, 0.2) is 29.4 Å². The second kappa shape index (κ2) is 3.33. The van der Waals surface area contributed by atoms with Crippen LogP contribution in [0, 0.1) is 4.91 Å². The van der Waals surface area contributed by atoms with Gasteiger partial charge in [0, 0.05) is 18.2 Å². The molecule has 1 atom stereocenters. The van der Waals surface area contributed by atoms with E-state index in [1.807, 2.05) is 19.2 Å². The summed E-state index contributed by atoms with van der Waals surface area (Å²) in [6.45, 7) is 4.69. The minimum Gasteiger partial charge on any atom is -0.368 e. The molecule has 0 saturated heterocycles. The van der Waals surface area contributed by atoms with E-state index in [1.165, 1.54) is 11.3 Å². The fourth-order valence-electron chi connectivity index (χ4n) is 2.58. The third-order valence-electron chi connectivity index (χ3n) is 3.53. The van der Waals surface area contributed by atoms with Crippen molar-refractivity contribution in [3.63, 3.8) is 0 Å². The van der Waals surface area contributed by atoms with Gasteiger partial charge in [0.05, 0.1) is 6.04 Å². The van der Waals surface area contributed by atoms with Crippen LogP contribution >= 0.6 is 0 Å². The minimum absolute atomic E-state index is 0.000741. The van der Waals surface area contributed by atoms with Crippen LogP contribution in [0.25, 0.3) is 0 Å². The molecule has 0 spiro atoms. The Balaban J connectivity index is 2.49. The molecule has 0 radical (unpaired) electrons. The molecule has 80 valence electrons.